The Kier molecular flexibility index (Phi) is 5.72. The van der Waals surface area contributed by atoms with E-state index in [0.29, 0.717) is 0 Å². The van der Waals surface area contributed by atoms with Crippen molar-refractivity contribution in [2.24, 2.45) is 0 Å². The normalized spacial score (nSPS) is 15.3. The van der Waals surface area contributed by atoms with Crippen LogP contribution in [-0.2, 0) is 36.2 Å². The highest BCUT2D eigenvalue weighted by atomic mass is 32.2. The topological polar surface area (TPSA) is 93.0 Å². The Morgan fingerprint density at radius 2 is 2.04 bits per heavy atom. The maximum Gasteiger partial charge on any atom is 0.209 e. The van der Waals surface area contributed by atoms with Crippen LogP contribution in [0.5, 0.6) is 0 Å². The summed E-state index contributed by atoms with van der Waals surface area (Å²) < 4.78 is 26.8. The standard InChI is InChI=1S/C15H22N6O2S2/c1-3-24-15-16-7-12(8-17-15)10-20-4-5-21-14(11-20)6-13(19-21)9-18-25(2,22)23/h6-8,18H,3-5,9-11H2,1-2H3. The van der Waals surface area contributed by atoms with Crippen molar-refractivity contribution in [2.45, 2.75) is 38.3 Å². The van der Waals surface area contributed by atoms with Gasteiger partial charge in [0.25, 0.3) is 0 Å². The first-order chi connectivity index (χ1) is 11.9. The summed E-state index contributed by atoms with van der Waals surface area (Å²) in [5.41, 5.74) is 2.93. The molecule has 3 rings (SSSR count). The van der Waals surface area contributed by atoms with Crippen molar-refractivity contribution >= 4 is 21.8 Å². The zero-order valence-electron chi connectivity index (χ0n) is 14.3. The first-order valence-corrected chi connectivity index (χ1v) is 11.0. The van der Waals surface area contributed by atoms with Crippen LogP contribution < -0.4 is 4.72 Å². The van der Waals surface area contributed by atoms with Gasteiger partial charge in [0, 0.05) is 37.6 Å². The van der Waals surface area contributed by atoms with Crippen LogP contribution in [0.1, 0.15) is 23.9 Å². The maximum absolute atomic E-state index is 11.2. The number of nitrogens with zero attached hydrogens (tertiary/aromatic N) is 5. The minimum absolute atomic E-state index is 0.225. The van der Waals surface area contributed by atoms with E-state index in [-0.39, 0.29) is 6.54 Å². The Balaban J connectivity index is 1.60. The van der Waals surface area contributed by atoms with Gasteiger partial charge in [-0.1, -0.05) is 18.7 Å². The SMILES string of the molecule is CCSc1ncc(CN2CCn3nc(CNS(C)(=O)=O)cc3C2)cn1. The van der Waals surface area contributed by atoms with Gasteiger partial charge in [-0.25, -0.2) is 23.1 Å². The first kappa shape index (κ1) is 18.3. The molecular weight excluding hydrogens is 360 g/mol. The van der Waals surface area contributed by atoms with E-state index in [0.717, 1.165) is 60.3 Å². The van der Waals surface area contributed by atoms with Gasteiger partial charge in [0.15, 0.2) is 5.16 Å². The van der Waals surface area contributed by atoms with Crippen molar-refractivity contribution in [1.29, 1.82) is 0 Å². The van der Waals surface area contributed by atoms with E-state index in [4.69, 9.17) is 0 Å². The molecule has 0 unspecified atom stereocenters. The molecule has 0 radical (unpaired) electrons. The van der Waals surface area contributed by atoms with Gasteiger partial charge in [-0.3, -0.25) is 9.58 Å². The lowest BCUT2D eigenvalue weighted by molar-refractivity contribution is 0.204. The predicted molar refractivity (Wildman–Crippen MR) is 96.5 cm³/mol. The summed E-state index contributed by atoms with van der Waals surface area (Å²) >= 11 is 1.63. The molecule has 2 aromatic rings. The van der Waals surface area contributed by atoms with E-state index in [1.54, 1.807) is 11.8 Å². The third-order valence-corrected chi connectivity index (χ3v) is 5.23. The van der Waals surface area contributed by atoms with Crippen LogP contribution in [0.3, 0.4) is 0 Å². The number of hydrogen-bond acceptors (Lipinski definition) is 7. The van der Waals surface area contributed by atoms with E-state index in [1.807, 2.05) is 23.1 Å². The lowest BCUT2D eigenvalue weighted by Crippen LogP contribution is -2.33. The molecule has 0 spiro atoms. The Labute approximate surface area is 152 Å². The summed E-state index contributed by atoms with van der Waals surface area (Å²) in [5, 5.41) is 5.27. The van der Waals surface area contributed by atoms with E-state index in [9.17, 15) is 8.42 Å². The number of nitrogens with one attached hydrogen (secondary N) is 1. The molecule has 0 atom stereocenters. The quantitative estimate of drug-likeness (QED) is 0.560. The average Bonchev–Trinajstić information content (AvgIpc) is 2.97. The molecule has 0 aromatic carbocycles. The van der Waals surface area contributed by atoms with Crippen molar-refractivity contribution in [3.8, 4) is 0 Å². The summed E-state index contributed by atoms with van der Waals surface area (Å²) in [7, 11) is -3.21. The fraction of sp³-hybridized carbons (Fsp3) is 0.533. The molecule has 0 saturated carbocycles. The Hall–Kier alpha value is -1.49. The largest absolute Gasteiger partial charge is 0.291 e. The average molecular weight is 383 g/mol. The highest BCUT2D eigenvalue weighted by molar-refractivity contribution is 7.99. The zero-order valence-corrected chi connectivity index (χ0v) is 16.0. The van der Waals surface area contributed by atoms with Gasteiger partial charge in [-0.05, 0) is 11.8 Å². The molecule has 3 heterocycles. The summed E-state index contributed by atoms with van der Waals surface area (Å²) in [4.78, 5) is 11.1. The van der Waals surface area contributed by atoms with E-state index >= 15 is 0 Å². The lowest BCUT2D eigenvalue weighted by Gasteiger charge is -2.27. The summed E-state index contributed by atoms with van der Waals surface area (Å²) in [5.74, 6) is 0.964. The highest BCUT2D eigenvalue weighted by Gasteiger charge is 2.19. The van der Waals surface area contributed by atoms with Gasteiger partial charge in [0.05, 0.1) is 30.7 Å². The second-order valence-corrected chi connectivity index (χ2v) is 9.03. The summed E-state index contributed by atoms with van der Waals surface area (Å²) in [6, 6.07) is 1.96. The highest BCUT2D eigenvalue weighted by Crippen LogP contribution is 2.17. The van der Waals surface area contributed by atoms with Crippen molar-refractivity contribution in [3.05, 3.63) is 35.4 Å². The van der Waals surface area contributed by atoms with Gasteiger partial charge in [-0.15, -0.1) is 0 Å². The van der Waals surface area contributed by atoms with Crippen LogP contribution in [0.15, 0.2) is 23.6 Å². The molecular formula is C15H22N6O2S2. The van der Waals surface area contributed by atoms with Crippen molar-refractivity contribution in [1.82, 2.24) is 29.4 Å². The summed E-state index contributed by atoms with van der Waals surface area (Å²) in [6.07, 6.45) is 4.92. The van der Waals surface area contributed by atoms with Gasteiger partial charge in [-0.2, -0.15) is 5.10 Å². The van der Waals surface area contributed by atoms with Crippen LogP contribution in [0, 0.1) is 0 Å². The first-order valence-electron chi connectivity index (χ1n) is 8.09. The van der Waals surface area contributed by atoms with E-state index in [2.05, 4.69) is 31.6 Å². The van der Waals surface area contributed by atoms with E-state index < -0.39 is 10.0 Å². The molecule has 0 amide bonds. The van der Waals surface area contributed by atoms with Gasteiger partial charge in [0.2, 0.25) is 10.0 Å². The number of thioether (sulfide) groups is 1. The van der Waals surface area contributed by atoms with E-state index in [1.165, 1.54) is 0 Å². The molecule has 1 N–H and O–H groups in total. The van der Waals surface area contributed by atoms with Crippen molar-refractivity contribution < 1.29 is 8.42 Å². The number of hydrogen-bond donors (Lipinski definition) is 1. The van der Waals surface area contributed by atoms with Crippen LogP contribution in [0.25, 0.3) is 0 Å². The molecule has 10 heteroatoms. The van der Waals surface area contributed by atoms with Gasteiger partial charge < -0.3 is 0 Å². The maximum atomic E-state index is 11.2. The fourth-order valence-corrected chi connectivity index (χ4v) is 3.62. The molecule has 0 bridgehead atoms. The predicted octanol–water partition coefficient (Wildman–Crippen LogP) is 0.850. The number of sulfonamides is 1. The second kappa shape index (κ2) is 7.81. The third kappa shape index (κ3) is 5.24. The van der Waals surface area contributed by atoms with Crippen LogP contribution in [0.4, 0.5) is 0 Å². The molecule has 136 valence electrons. The van der Waals surface area contributed by atoms with Crippen LogP contribution in [-0.4, -0.2) is 51.6 Å². The van der Waals surface area contributed by atoms with Crippen LogP contribution >= 0.6 is 11.8 Å². The monoisotopic (exact) mass is 382 g/mol. The lowest BCUT2D eigenvalue weighted by atomic mass is 10.2. The summed E-state index contributed by atoms with van der Waals surface area (Å²) in [6.45, 7) is 5.55. The smallest absolute Gasteiger partial charge is 0.209 e. The second-order valence-electron chi connectivity index (χ2n) is 5.96. The van der Waals surface area contributed by atoms with Crippen LogP contribution in [0.2, 0.25) is 0 Å². The minimum Gasteiger partial charge on any atom is -0.291 e. The van der Waals surface area contributed by atoms with Crippen molar-refractivity contribution in [3.63, 3.8) is 0 Å². The Bertz CT molecular complexity index is 819. The molecule has 8 nitrogen and oxygen atoms in total. The minimum atomic E-state index is -3.21. The molecule has 1 aliphatic heterocycles. The molecule has 0 fully saturated rings. The Morgan fingerprint density at radius 1 is 1.28 bits per heavy atom. The van der Waals surface area contributed by atoms with Gasteiger partial charge in [0.1, 0.15) is 0 Å². The van der Waals surface area contributed by atoms with Gasteiger partial charge >= 0.3 is 0 Å². The molecule has 0 aliphatic carbocycles. The molecule has 1 aliphatic rings. The Morgan fingerprint density at radius 3 is 2.72 bits per heavy atom. The number of aromatic nitrogens is 4. The zero-order chi connectivity index (χ0) is 17.9. The molecule has 25 heavy (non-hydrogen) atoms. The number of fused-ring (bicyclic) bond motifs is 1. The fourth-order valence-electron chi connectivity index (χ4n) is 2.69. The molecule has 2 aromatic heterocycles. The number of rotatable bonds is 7. The van der Waals surface area contributed by atoms with Crippen molar-refractivity contribution in [2.75, 3.05) is 18.6 Å². The molecule has 0 saturated heterocycles. The third-order valence-electron chi connectivity index (χ3n) is 3.80.